The van der Waals surface area contributed by atoms with E-state index in [1.807, 2.05) is 48.7 Å². The van der Waals surface area contributed by atoms with Gasteiger partial charge in [0.2, 0.25) is 5.91 Å². The SMILES string of the molecule is O=C(Cn1c(=O)n(C2=CCCCC2)c2ccccc21)NC1CCN(Cc2ccccn2)CC1. The van der Waals surface area contributed by atoms with Crippen molar-refractivity contribution in [1.29, 1.82) is 0 Å². The largest absolute Gasteiger partial charge is 0.352 e. The molecule has 1 N–H and O–H groups in total. The Hall–Kier alpha value is -3.19. The number of likely N-dealkylation sites (tertiary alicyclic amines) is 1. The summed E-state index contributed by atoms with van der Waals surface area (Å²) in [7, 11) is 0. The van der Waals surface area contributed by atoms with E-state index >= 15 is 0 Å². The standard InChI is InChI=1S/C26H31N5O2/c32-25(28-20-13-16-29(17-14-20)18-21-8-6-7-15-27-21)19-30-23-11-4-5-12-24(23)31(26(30)33)22-9-2-1-3-10-22/h4-9,11-12,15,20H,1-3,10,13-14,16-19H2,(H,28,32). The summed E-state index contributed by atoms with van der Waals surface area (Å²) >= 11 is 0. The molecule has 1 saturated heterocycles. The molecule has 0 saturated carbocycles. The van der Waals surface area contributed by atoms with Crippen LogP contribution >= 0.6 is 0 Å². The van der Waals surface area contributed by atoms with Gasteiger partial charge < -0.3 is 5.32 Å². The second kappa shape index (κ2) is 9.75. The number of aromatic nitrogens is 3. The van der Waals surface area contributed by atoms with Gasteiger partial charge in [-0.2, -0.15) is 0 Å². The van der Waals surface area contributed by atoms with Gasteiger partial charge in [0.25, 0.3) is 0 Å². The van der Waals surface area contributed by atoms with Gasteiger partial charge in [-0.25, -0.2) is 4.79 Å². The molecule has 0 spiro atoms. The minimum atomic E-state index is -0.121. The number of amides is 1. The lowest BCUT2D eigenvalue weighted by molar-refractivity contribution is -0.122. The van der Waals surface area contributed by atoms with E-state index in [4.69, 9.17) is 0 Å². The van der Waals surface area contributed by atoms with E-state index in [1.165, 1.54) is 6.42 Å². The molecule has 5 rings (SSSR count). The maximum atomic E-state index is 13.3. The summed E-state index contributed by atoms with van der Waals surface area (Å²) in [6, 6.07) is 13.9. The molecule has 1 aromatic carbocycles. The molecular weight excluding hydrogens is 414 g/mol. The predicted molar refractivity (Wildman–Crippen MR) is 130 cm³/mol. The highest BCUT2D eigenvalue weighted by molar-refractivity contribution is 5.83. The van der Waals surface area contributed by atoms with Gasteiger partial charge in [-0.3, -0.25) is 23.8 Å². The Labute approximate surface area is 193 Å². The number of hydrogen-bond acceptors (Lipinski definition) is 4. The van der Waals surface area contributed by atoms with E-state index in [0.717, 1.165) is 74.2 Å². The average molecular weight is 446 g/mol. The average Bonchev–Trinajstić information content (AvgIpc) is 3.13. The topological polar surface area (TPSA) is 72.2 Å². The van der Waals surface area contributed by atoms with Gasteiger partial charge in [0.05, 0.1) is 16.7 Å². The van der Waals surface area contributed by atoms with Crippen LogP contribution < -0.4 is 11.0 Å². The third-order valence-corrected chi connectivity index (χ3v) is 6.76. The summed E-state index contributed by atoms with van der Waals surface area (Å²) in [5.41, 5.74) is 3.70. The van der Waals surface area contributed by atoms with E-state index in [1.54, 1.807) is 9.13 Å². The number of fused-ring (bicyclic) bond motifs is 1. The maximum absolute atomic E-state index is 13.3. The molecule has 1 aliphatic carbocycles. The Balaban J connectivity index is 1.24. The molecule has 172 valence electrons. The fourth-order valence-electron chi connectivity index (χ4n) is 5.04. The van der Waals surface area contributed by atoms with Crippen molar-refractivity contribution in [2.24, 2.45) is 0 Å². The van der Waals surface area contributed by atoms with Crippen molar-refractivity contribution in [2.75, 3.05) is 13.1 Å². The second-order valence-electron chi connectivity index (χ2n) is 9.07. The van der Waals surface area contributed by atoms with Crippen LogP contribution in [-0.2, 0) is 17.9 Å². The normalized spacial score (nSPS) is 17.8. The molecule has 33 heavy (non-hydrogen) atoms. The first-order valence-electron chi connectivity index (χ1n) is 12.0. The number of allylic oxidation sites excluding steroid dienone is 2. The number of nitrogens with one attached hydrogen (secondary N) is 1. The first-order chi connectivity index (χ1) is 16.2. The van der Waals surface area contributed by atoms with Crippen molar-refractivity contribution >= 4 is 22.6 Å². The summed E-state index contributed by atoms with van der Waals surface area (Å²) in [4.78, 5) is 33.0. The number of imidazole rings is 1. The van der Waals surface area contributed by atoms with Crippen molar-refractivity contribution in [3.05, 3.63) is 70.9 Å². The van der Waals surface area contributed by atoms with Crippen LogP contribution in [0.3, 0.4) is 0 Å². The quantitative estimate of drug-likeness (QED) is 0.631. The number of rotatable bonds is 6. The molecule has 7 nitrogen and oxygen atoms in total. The Bertz CT molecular complexity index is 1200. The molecule has 0 unspecified atom stereocenters. The fraction of sp³-hybridized carbons (Fsp3) is 0.423. The van der Waals surface area contributed by atoms with E-state index < -0.39 is 0 Å². The molecule has 3 aromatic rings. The van der Waals surface area contributed by atoms with Gasteiger partial charge in [0.1, 0.15) is 6.54 Å². The molecule has 0 bridgehead atoms. The van der Waals surface area contributed by atoms with Crippen molar-refractivity contribution < 1.29 is 4.79 Å². The van der Waals surface area contributed by atoms with E-state index in [2.05, 4.69) is 21.3 Å². The zero-order valence-corrected chi connectivity index (χ0v) is 18.9. The number of para-hydroxylation sites is 2. The Morgan fingerprint density at radius 3 is 2.55 bits per heavy atom. The van der Waals surface area contributed by atoms with Crippen molar-refractivity contribution in [3.8, 4) is 0 Å². The molecule has 1 amide bonds. The Morgan fingerprint density at radius 2 is 1.82 bits per heavy atom. The van der Waals surface area contributed by atoms with E-state index in [0.29, 0.717) is 0 Å². The third kappa shape index (κ3) is 4.78. The Morgan fingerprint density at radius 1 is 1.03 bits per heavy atom. The van der Waals surface area contributed by atoms with Crippen LogP contribution in [0.1, 0.15) is 44.2 Å². The van der Waals surface area contributed by atoms with Crippen LogP contribution in [0.25, 0.3) is 16.7 Å². The highest BCUT2D eigenvalue weighted by Gasteiger charge is 2.23. The van der Waals surface area contributed by atoms with Crippen molar-refractivity contribution in [3.63, 3.8) is 0 Å². The molecule has 7 heteroatoms. The molecule has 3 heterocycles. The second-order valence-corrected chi connectivity index (χ2v) is 9.07. The zero-order valence-electron chi connectivity index (χ0n) is 18.9. The monoisotopic (exact) mass is 445 g/mol. The molecular formula is C26H31N5O2. The molecule has 0 atom stereocenters. The predicted octanol–water partition coefficient (Wildman–Crippen LogP) is 3.39. The summed E-state index contributed by atoms with van der Waals surface area (Å²) in [6.45, 7) is 2.74. The summed E-state index contributed by atoms with van der Waals surface area (Å²) in [6.07, 6.45) is 9.96. The van der Waals surface area contributed by atoms with E-state index in [9.17, 15) is 9.59 Å². The number of carbonyl (C=O) groups is 1. The molecule has 2 aromatic heterocycles. The zero-order chi connectivity index (χ0) is 22.6. The highest BCUT2D eigenvalue weighted by atomic mass is 16.2. The minimum absolute atomic E-state index is 0.0494. The van der Waals surface area contributed by atoms with Crippen LogP contribution in [0.15, 0.2) is 59.5 Å². The van der Waals surface area contributed by atoms with Crippen LogP contribution in [-0.4, -0.2) is 44.1 Å². The lowest BCUT2D eigenvalue weighted by Gasteiger charge is -2.32. The minimum Gasteiger partial charge on any atom is -0.352 e. The summed E-state index contributed by atoms with van der Waals surface area (Å²) in [5.74, 6) is -0.0965. The number of nitrogens with zero attached hydrogens (tertiary/aromatic N) is 4. The van der Waals surface area contributed by atoms with Gasteiger partial charge in [-0.1, -0.05) is 24.3 Å². The number of carbonyl (C=O) groups excluding carboxylic acids is 1. The lowest BCUT2D eigenvalue weighted by Crippen LogP contribution is -2.45. The summed E-state index contributed by atoms with van der Waals surface area (Å²) < 4.78 is 3.42. The first-order valence-corrected chi connectivity index (χ1v) is 12.0. The van der Waals surface area contributed by atoms with Crippen molar-refractivity contribution in [2.45, 2.75) is 57.7 Å². The van der Waals surface area contributed by atoms with Crippen LogP contribution in [0.4, 0.5) is 0 Å². The van der Waals surface area contributed by atoms with Crippen LogP contribution in [0, 0.1) is 0 Å². The van der Waals surface area contributed by atoms with Gasteiger partial charge >= 0.3 is 5.69 Å². The maximum Gasteiger partial charge on any atom is 0.333 e. The number of hydrogen-bond donors (Lipinski definition) is 1. The van der Waals surface area contributed by atoms with Gasteiger partial charge in [0.15, 0.2) is 0 Å². The third-order valence-electron chi connectivity index (χ3n) is 6.76. The van der Waals surface area contributed by atoms with E-state index in [-0.39, 0.29) is 24.2 Å². The fourth-order valence-corrected chi connectivity index (χ4v) is 5.04. The molecule has 1 fully saturated rings. The van der Waals surface area contributed by atoms with Gasteiger partial charge in [-0.05, 0) is 62.8 Å². The van der Waals surface area contributed by atoms with Gasteiger partial charge in [0, 0.05) is 37.6 Å². The molecule has 1 aliphatic heterocycles. The highest BCUT2D eigenvalue weighted by Crippen LogP contribution is 2.24. The molecule has 2 aliphatic rings. The number of pyridine rings is 1. The van der Waals surface area contributed by atoms with Gasteiger partial charge in [-0.15, -0.1) is 0 Å². The van der Waals surface area contributed by atoms with Crippen molar-refractivity contribution in [1.82, 2.24) is 24.3 Å². The van der Waals surface area contributed by atoms with Crippen LogP contribution in [0.5, 0.6) is 0 Å². The Kier molecular flexibility index (Phi) is 6.39. The first kappa shape index (κ1) is 21.6. The smallest absolute Gasteiger partial charge is 0.333 e. The van der Waals surface area contributed by atoms with Crippen LogP contribution in [0.2, 0.25) is 0 Å². The number of benzene rings is 1. The molecule has 0 radical (unpaired) electrons. The summed E-state index contributed by atoms with van der Waals surface area (Å²) in [5, 5.41) is 3.17. The lowest BCUT2D eigenvalue weighted by atomic mass is 10.0. The number of piperidine rings is 1.